The number of thioether (sulfide) groups is 1. The third-order valence-corrected chi connectivity index (χ3v) is 7.45. The topological polar surface area (TPSA) is 47.4 Å². The van der Waals surface area contributed by atoms with Crippen molar-refractivity contribution in [2.45, 2.75) is 49.3 Å². The van der Waals surface area contributed by atoms with Crippen LogP contribution in [0.1, 0.15) is 54.7 Å². The van der Waals surface area contributed by atoms with Gasteiger partial charge in [-0.3, -0.25) is 9.48 Å². The molecule has 2 aromatic rings. The molecule has 0 radical (unpaired) electrons. The maximum atomic E-state index is 13.3. The second-order valence-corrected chi connectivity index (χ2v) is 9.24. The van der Waals surface area contributed by atoms with E-state index in [9.17, 15) is 4.79 Å². The van der Waals surface area contributed by atoms with Crippen molar-refractivity contribution in [3.63, 3.8) is 0 Å². The molecular weight excluding hydrogens is 370 g/mol. The highest BCUT2D eigenvalue weighted by Gasteiger charge is 2.34. The Morgan fingerprint density at radius 3 is 2.68 bits per heavy atom. The van der Waals surface area contributed by atoms with Gasteiger partial charge >= 0.3 is 0 Å². The first-order valence-electron chi connectivity index (χ1n) is 10.4. The molecule has 3 heterocycles. The molecule has 0 unspecified atom stereocenters. The summed E-state index contributed by atoms with van der Waals surface area (Å²) in [5.41, 5.74) is 4.21. The van der Waals surface area contributed by atoms with E-state index in [-0.39, 0.29) is 5.91 Å². The molecule has 2 fully saturated rings. The lowest BCUT2D eigenvalue weighted by molar-refractivity contribution is 0.0297. The number of hydrogen-bond donors (Lipinski definition) is 0. The van der Waals surface area contributed by atoms with Crippen LogP contribution in [0, 0.1) is 5.92 Å². The second-order valence-electron chi connectivity index (χ2n) is 8.22. The molecule has 1 amide bonds. The van der Waals surface area contributed by atoms with E-state index >= 15 is 0 Å². The molecule has 1 saturated heterocycles. The molecule has 0 spiro atoms. The minimum absolute atomic E-state index is 0.0717. The monoisotopic (exact) mass is 397 g/mol. The van der Waals surface area contributed by atoms with Gasteiger partial charge in [0.1, 0.15) is 0 Å². The Balaban J connectivity index is 1.59. The van der Waals surface area contributed by atoms with Crippen LogP contribution < -0.4 is 0 Å². The molecule has 5 rings (SSSR count). The lowest BCUT2D eigenvalue weighted by atomic mass is 9.87. The molecule has 1 saturated carbocycles. The molecule has 0 N–H and O–H groups in total. The molecular formula is C22H27N3O2S. The van der Waals surface area contributed by atoms with Crippen LogP contribution in [0.2, 0.25) is 0 Å². The molecule has 148 valence electrons. The molecule has 2 aliphatic heterocycles. The Morgan fingerprint density at radius 1 is 1.14 bits per heavy atom. The van der Waals surface area contributed by atoms with E-state index < -0.39 is 0 Å². The summed E-state index contributed by atoms with van der Waals surface area (Å²) in [4.78, 5) is 16.5. The van der Waals surface area contributed by atoms with Gasteiger partial charge < -0.3 is 9.64 Å². The summed E-state index contributed by atoms with van der Waals surface area (Å²) in [6.07, 6.45) is 4.77. The number of ether oxygens (including phenoxy) is 1. The van der Waals surface area contributed by atoms with Crippen molar-refractivity contribution in [2.24, 2.45) is 5.92 Å². The largest absolute Gasteiger partial charge is 0.378 e. The van der Waals surface area contributed by atoms with Gasteiger partial charge in [0, 0.05) is 34.9 Å². The predicted molar refractivity (Wildman–Crippen MR) is 111 cm³/mol. The van der Waals surface area contributed by atoms with Gasteiger partial charge in [0.15, 0.2) is 5.69 Å². The molecule has 6 heteroatoms. The van der Waals surface area contributed by atoms with E-state index in [1.165, 1.54) is 29.0 Å². The summed E-state index contributed by atoms with van der Waals surface area (Å²) in [6.45, 7) is 4.89. The summed E-state index contributed by atoms with van der Waals surface area (Å²) in [5.74, 6) is 1.68. The first-order valence-corrected chi connectivity index (χ1v) is 11.4. The maximum Gasteiger partial charge on any atom is 0.274 e. The summed E-state index contributed by atoms with van der Waals surface area (Å²) in [7, 11) is 0. The number of carbonyl (C=O) groups is 1. The summed E-state index contributed by atoms with van der Waals surface area (Å²) in [5, 5.41) is 4.99. The van der Waals surface area contributed by atoms with E-state index in [2.05, 4.69) is 35.9 Å². The van der Waals surface area contributed by atoms with Gasteiger partial charge in [-0.2, -0.15) is 5.10 Å². The highest BCUT2D eigenvalue weighted by atomic mass is 32.2. The number of amides is 1. The van der Waals surface area contributed by atoms with Gasteiger partial charge in [0.2, 0.25) is 0 Å². The quantitative estimate of drug-likeness (QED) is 0.755. The average molecular weight is 398 g/mol. The molecule has 1 aromatic carbocycles. The Morgan fingerprint density at radius 2 is 1.89 bits per heavy atom. The lowest BCUT2D eigenvalue weighted by Gasteiger charge is -2.29. The summed E-state index contributed by atoms with van der Waals surface area (Å²) in [6, 6.07) is 8.96. The summed E-state index contributed by atoms with van der Waals surface area (Å²) < 4.78 is 7.65. The average Bonchev–Trinajstić information content (AvgIpc) is 3.14. The van der Waals surface area contributed by atoms with Gasteiger partial charge in [0.05, 0.1) is 24.9 Å². The Bertz CT molecular complexity index is 880. The Kier molecular flexibility index (Phi) is 4.93. The second kappa shape index (κ2) is 7.56. The molecule has 1 aliphatic carbocycles. The van der Waals surface area contributed by atoms with E-state index in [4.69, 9.17) is 9.84 Å². The number of aromatic nitrogens is 2. The molecule has 28 heavy (non-hydrogen) atoms. The first kappa shape index (κ1) is 18.3. The minimum Gasteiger partial charge on any atom is -0.378 e. The van der Waals surface area contributed by atoms with Gasteiger partial charge in [-0.1, -0.05) is 25.1 Å². The van der Waals surface area contributed by atoms with Gasteiger partial charge in [-0.15, -0.1) is 11.8 Å². The molecule has 0 atom stereocenters. The number of nitrogens with zero attached hydrogens (tertiary/aromatic N) is 3. The fourth-order valence-electron chi connectivity index (χ4n) is 4.67. The number of hydrogen-bond acceptors (Lipinski definition) is 4. The van der Waals surface area contributed by atoms with E-state index in [0.717, 1.165) is 30.1 Å². The van der Waals surface area contributed by atoms with Crippen LogP contribution in [-0.2, 0) is 10.5 Å². The number of rotatable bonds is 2. The van der Waals surface area contributed by atoms with Crippen LogP contribution in [0.15, 0.2) is 29.2 Å². The SMILES string of the molecule is CC1CCC(n2nc(C(=O)N3CCOCC3)c3c2-c2ccccc2SC3)CC1. The van der Waals surface area contributed by atoms with Gasteiger partial charge in [-0.25, -0.2) is 0 Å². The predicted octanol–water partition coefficient (Wildman–Crippen LogP) is 4.38. The van der Waals surface area contributed by atoms with Crippen LogP contribution in [0.3, 0.4) is 0 Å². The van der Waals surface area contributed by atoms with Crippen LogP contribution in [0.5, 0.6) is 0 Å². The fourth-order valence-corrected chi connectivity index (χ4v) is 5.74. The van der Waals surface area contributed by atoms with Crippen molar-refractivity contribution in [3.05, 3.63) is 35.5 Å². The van der Waals surface area contributed by atoms with Crippen LogP contribution in [0.25, 0.3) is 11.3 Å². The van der Waals surface area contributed by atoms with Crippen molar-refractivity contribution in [2.75, 3.05) is 26.3 Å². The zero-order chi connectivity index (χ0) is 19.1. The standard InChI is InChI=1S/C22H27N3O2S/c1-15-6-8-16(9-7-15)25-21-17-4-2-3-5-19(17)28-14-18(21)20(23-25)22(26)24-10-12-27-13-11-24/h2-5,15-16H,6-14H2,1H3. The Hall–Kier alpha value is -1.79. The normalized spacial score (nSPS) is 24.5. The first-order chi connectivity index (χ1) is 13.7. The van der Waals surface area contributed by atoms with Crippen molar-refractivity contribution in [1.82, 2.24) is 14.7 Å². The van der Waals surface area contributed by atoms with Crippen molar-refractivity contribution in [3.8, 4) is 11.3 Å². The molecule has 5 nitrogen and oxygen atoms in total. The van der Waals surface area contributed by atoms with Crippen LogP contribution >= 0.6 is 11.8 Å². The lowest BCUT2D eigenvalue weighted by Crippen LogP contribution is -2.41. The molecule has 3 aliphatic rings. The van der Waals surface area contributed by atoms with E-state index in [1.54, 1.807) is 0 Å². The van der Waals surface area contributed by atoms with Crippen LogP contribution in [-0.4, -0.2) is 46.9 Å². The van der Waals surface area contributed by atoms with Gasteiger partial charge in [0.25, 0.3) is 5.91 Å². The smallest absolute Gasteiger partial charge is 0.274 e. The number of benzene rings is 1. The fraction of sp³-hybridized carbons (Fsp3) is 0.545. The zero-order valence-corrected chi connectivity index (χ0v) is 17.2. The summed E-state index contributed by atoms with van der Waals surface area (Å²) >= 11 is 1.82. The number of morpholine rings is 1. The van der Waals surface area contributed by atoms with Gasteiger partial charge in [-0.05, 0) is 37.7 Å². The third-order valence-electron chi connectivity index (χ3n) is 6.35. The molecule has 1 aromatic heterocycles. The molecule has 0 bridgehead atoms. The Labute approximate surface area is 170 Å². The maximum absolute atomic E-state index is 13.3. The van der Waals surface area contributed by atoms with E-state index in [0.29, 0.717) is 38.0 Å². The van der Waals surface area contributed by atoms with Crippen molar-refractivity contribution in [1.29, 1.82) is 0 Å². The zero-order valence-electron chi connectivity index (χ0n) is 16.4. The van der Waals surface area contributed by atoms with Crippen molar-refractivity contribution >= 4 is 17.7 Å². The highest BCUT2D eigenvalue weighted by molar-refractivity contribution is 7.98. The van der Waals surface area contributed by atoms with Crippen molar-refractivity contribution < 1.29 is 9.53 Å². The van der Waals surface area contributed by atoms with Crippen LogP contribution in [0.4, 0.5) is 0 Å². The van der Waals surface area contributed by atoms with E-state index in [1.807, 2.05) is 16.7 Å². The third kappa shape index (κ3) is 3.16. The number of fused-ring (bicyclic) bond motifs is 3. The number of carbonyl (C=O) groups excluding carboxylic acids is 1. The highest BCUT2D eigenvalue weighted by Crippen LogP contribution is 2.45. The minimum atomic E-state index is 0.0717.